The molecule has 6 nitrogen and oxygen atoms in total. The Balaban J connectivity index is 2.19. The van der Waals surface area contributed by atoms with E-state index in [-0.39, 0.29) is 12.6 Å². The number of rotatable bonds is 4. The van der Waals surface area contributed by atoms with Crippen molar-refractivity contribution in [2.24, 2.45) is 0 Å². The van der Waals surface area contributed by atoms with Gasteiger partial charge in [-0.2, -0.15) is 26.3 Å². The van der Waals surface area contributed by atoms with Crippen molar-refractivity contribution in [1.29, 1.82) is 0 Å². The van der Waals surface area contributed by atoms with Crippen molar-refractivity contribution in [3.63, 3.8) is 0 Å². The van der Waals surface area contributed by atoms with Gasteiger partial charge in [0.1, 0.15) is 0 Å². The van der Waals surface area contributed by atoms with Crippen molar-refractivity contribution < 1.29 is 41.0 Å². The SMILES string of the molecule is CNC1(C(=O)N(C)c2cc(C(F)(F)F)cc(C(F)(F)F)c2)C(c2ccccc2)CCCN1C(=O)O. The van der Waals surface area contributed by atoms with E-state index in [4.69, 9.17) is 0 Å². The number of hydrogen-bond donors (Lipinski definition) is 2. The first-order chi connectivity index (χ1) is 16.2. The van der Waals surface area contributed by atoms with E-state index in [9.17, 15) is 41.0 Å². The molecule has 190 valence electrons. The van der Waals surface area contributed by atoms with Crippen LogP contribution in [0.5, 0.6) is 0 Å². The van der Waals surface area contributed by atoms with Crippen LogP contribution in [0, 0.1) is 0 Å². The maximum absolute atomic E-state index is 13.9. The van der Waals surface area contributed by atoms with Crippen LogP contribution in [0.2, 0.25) is 0 Å². The number of piperidine rings is 1. The summed E-state index contributed by atoms with van der Waals surface area (Å²) in [5, 5.41) is 12.6. The van der Waals surface area contributed by atoms with Gasteiger partial charge in [0.05, 0.1) is 11.1 Å². The molecule has 2 aromatic carbocycles. The molecule has 1 aliphatic rings. The largest absolute Gasteiger partial charge is 0.465 e. The zero-order chi connectivity index (χ0) is 26.2. The van der Waals surface area contributed by atoms with Gasteiger partial charge in [0.25, 0.3) is 5.91 Å². The summed E-state index contributed by atoms with van der Waals surface area (Å²) in [6.45, 7) is -0.0600. The number of carbonyl (C=O) groups is 2. The van der Waals surface area contributed by atoms with E-state index in [0.717, 1.165) is 11.9 Å². The number of anilines is 1. The number of alkyl halides is 6. The number of amides is 2. The molecule has 0 aliphatic carbocycles. The Kier molecular flexibility index (Phi) is 7.07. The first kappa shape index (κ1) is 26.3. The van der Waals surface area contributed by atoms with E-state index in [1.54, 1.807) is 30.3 Å². The number of nitrogens with zero attached hydrogens (tertiary/aromatic N) is 2. The summed E-state index contributed by atoms with van der Waals surface area (Å²) in [4.78, 5) is 27.5. The Morgan fingerprint density at radius 2 is 1.57 bits per heavy atom. The van der Waals surface area contributed by atoms with Gasteiger partial charge < -0.3 is 10.0 Å². The predicted molar refractivity (Wildman–Crippen MR) is 115 cm³/mol. The summed E-state index contributed by atoms with van der Waals surface area (Å²) in [7, 11) is 2.35. The van der Waals surface area contributed by atoms with E-state index in [1.165, 1.54) is 7.05 Å². The second-order valence-electron chi connectivity index (χ2n) is 8.18. The van der Waals surface area contributed by atoms with Crippen LogP contribution < -0.4 is 10.2 Å². The number of hydrogen-bond acceptors (Lipinski definition) is 3. The molecule has 3 rings (SSSR count). The van der Waals surface area contributed by atoms with Gasteiger partial charge in [-0.15, -0.1) is 0 Å². The lowest BCUT2D eigenvalue weighted by Gasteiger charge is -2.50. The normalized spacial score (nSPS) is 21.0. The van der Waals surface area contributed by atoms with Crippen molar-refractivity contribution in [2.75, 3.05) is 25.5 Å². The van der Waals surface area contributed by atoms with Gasteiger partial charge in [-0.05, 0) is 43.7 Å². The summed E-state index contributed by atoms with van der Waals surface area (Å²) in [5.41, 5.74) is -5.23. The summed E-state index contributed by atoms with van der Waals surface area (Å²) in [6, 6.07) is 9.29. The monoisotopic (exact) mass is 503 g/mol. The number of likely N-dealkylation sites (N-methyl/N-ethyl adjacent to an activating group) is 2. The molecule has 1 aliphatic heterocycles. The number of nitrogens with one attached hydrogen (secondary N) is 1. The van der Waals surface area contributed by atoms with Crippen LogP contribution >= 0.6 is 0 Å². The molecule has 2 amide bonds. The zero-order valence-electron chi connectivity index (χ0n) is 18.7. The molecule has 0 spiro atoms. The molecule has 1 fully saturated rings. The lowest BCUT2D eigenvalue weighted by Crippen LogP contribution is -2.72. The summed E-state index contributed by atoms with van der Waals surface area (Å²) in [6.07, 6.45) is -10.9. The maximum atomic E-state index is 13.9. The average molecular weight is 503 g/mol. The highest BCUT2D eigenvalue weighted by molar-refractivity contribution is 6.02. The average Bonchev–Trinajstić information content (AvgIpc) is 2.81. The molecule has 35 heavy (non-hydrogen) atoms. The second-order valence-corrected chi connectivity index (χ2v) is 8.18. The third kappa shape index (κ3) is 4.93. The Labute approximate surface area is 197 Å². The standard InChI is InChI=1S/C23H23F6N3O3/c1-30-21(18(14-7-4-3-5-8-14)9-6-10-32(21)20(34)35)19(33)31(2)17-12-15(22(24,25)26)11-16(13-17)23(27,28)29/h3-5,7-8,11-13,18,30H,6,9-10H2,1-2H3,(H,34,35). The van der Waals surface area contributed by atoms with Gasteiger partial charge in [-0.25, -0.2) is 4.79 Å². The van der Waals surface area contributed by atoms with Crippen LogP contribution in [-0.4, -0.2) is 48.3 Å². The molecule has 0 radical (unpaired) electrons. The molecule has 2 unspecified atom stereocenters. The minimum absolute atomic E-state index is 0.0351. The molecular weight excluding hydrogens is 480 g/mol. The van der Waals surface area contributed by atoms with Gasteiger partial charge in [-0.1, -0.05) is 30.3 Å². The van der Waals surface area contributed by atoms with Crippen molar-refractivity contribution in [2.45, 2.75) is 36.8 Å². The lowest BCUT2D eigenvalue weighted by molar-refractivity contribution is -0.143. The second kappa shape index (κ2) is 9.40. The molecule has 1 saturated heterocycles. The van der Waals surface area contributed by atoms with E-state index in [1.807, 2.05) is 0 Å². The first-order valence-electron chi connectivity index (χ1n) is 10.6. The van der Waals surface area contributed by atoms with E-state index >= 15 is 0 Å². The van der Waals surface area contributed by atoms with Gasteiger partial charge in [0.2, 0.25) is 0 Å². The van der Waals surface area contributed by atoms with Crippen molar-refractivity contribution >= 4 is 17.7 Å². The zero-order valence-corrected chi connectivity index (χ0v) is 18.7. The molecular formula is C23H23F6N3O3. The van der Waals surface area contributed by atoms with Crippen LogP contribution in [0.3, 0.4) is 0 Å². The molecule has 12 heteroatoms. The lowest BCUT2D eigenvalue weighted by atomic mass is 9.77. The fourth-order valence-corrected chi connectivity index (χ4v) is 4.55. The fourth-order valence-electron chi connectivity index (χ4n) is 4.55. The van der Waals surface area contributed by atoms with Crippen LogP contribution in [0.15, 0.2) is 48.5 Å². The molecule has 2 aromatic rings. The van der Waals surface area contributed by atoms with Crippen molar-refractivity contribution in [1.82, 2.24) is 10.2 Å². The highest BCUT2D eigenvalue weighted by Gasteiger charge is 2.55. The third-order valence-electron chi connectivity index (χ3n) is 6.21. The molecule has 1 heterocycles. The number of likely N-dealkylation sites (tertiary alicyclic amines) is 1. The maximum Gasteiger partial charge on any atom is 0.416 e. The molecule has 0 saturated carbocycles. The predicted octanol–water partition coefficient (Wildman–Crippen LogP) is 5.16. The molecule has 2 N–H and O–H groups in total. The van der Waals surface area contributed by atoms with Crippen LogP contribution in [-0.2, 0) is 17.1 Å². The number of halogens is 6. The third-order valence-corrected chi connectivity index (χ3v) is 6.21. The Bertz CT molecular complexity index is 1060. The van der Waals surface area contributed by atoms with Gasteiger partial charge in [0.15, 0.2) is 5.66 Å². The van der Waals surface area contributed by atoms with E-state index in [0.29, 0.717) is 35.4 Å². The van der Waals surface area contributed by atoms with E-state index in [2.05, 4.69) is 5.32 Å². The Morgan fingerprint density at radius 1 is 1.03 bits per heavy atom. The van der Waals surface area contributed by atoms with Crippen LogP contribution in [0.4, 0.5) is 36.8 Å². The Hall–Kier alpha value is -3.28. The number of carboxylic acid groups (broad SMARTS) is 1. The highest BCUT2D eigenvalue weighted by Crippen LogP contribution is 2.43. The molecule has 0 aromatic heterocycles. The van der Waals surface area contributed by atoms with Crippen LogP contribution in [0.1, 0.15) is 35.4 Å². The molecule has 2 atom stereocenters. The summed E-state index contributed by atoms with van der Waals surface area (Å²) < 4.78 is 80.3. The first-order valence-corrected chi connectivity index (χ1v) is 10.6. The van der Waals surface area contributed by atoms with Crippen molar-refractivity contribution in [3.8, 4) is 0 Å². The highest BCUT2D eigenvalue weighted by atomic mass is 19.4. The minimum atomic E-state index is -5.11. The van der Waals surface area contributed by atoms with Gasteiger partial charge >= 0.3 is 18.4 Å². The smallest absolute Gasteiger partial charge is 0.416 e. The summed E-state index contributed by atoms with van der Waals surface area (Å²) >= 11 is 0. The number of benzene rings is 2. The summed E-state index contributed by atoms with van der Waals surface area (Å²) in [5.74, 6) is -1.77. The fraction of sp³-hybridized carbons (Fsp3) is 0.391. The number of carbonyl (C=O) groups excluding carboxylic acids is 1. The quantitative estimate of drug-likeness (QED) is 0.566. The Morgan fingerprint density at radius 3 is 2.03 bits per heavy atom. The van der Waals surface area contributed by atoms with Crippen molar-refractivity contribution in [3.05, 3.63) is 65.2 Å². The molecule has 0 bridgehead atoms. The van der Waals surface area contributed by atoms with Crippen LogP contribution in [0.25, 0.3) is 0 Å². The minimum Gasteiger partial charge on any atom is -0.465 e. The van der Waals surface area contributed by atoms with E-state index < -0.39 is 52.7 Å². The van der Waals surface area contributed by atoms with Gasteiger partial charge in [-0.3, -0.25) is 15.0 Å². The van der Waals surface area contributed by atoms with Gasteiger partial charge in [0, 0.05) is 25.2 Å². The topological polar surface area (TPSA) is 72.9 Å².